The van der Waals surface area contributed by atoms with Gasteiger partial charge in [0.1, 0.15) is 0 Å². The number of aromatic nitrogens is 3. The molecular formula is C15H22N6. The molecule has 112 valence electrons. The van der Waals surface area contributed by atoms with Crippen molar-refractivity contribution in [1.29, 1.82) is 0 Å². The summed E-state index contributed by atoms with van der Waals surface area (Å²) in [6, 6.07) is 8.31. The fourth-order valence-electron chi connectivity index (χ4n) is 2.50. The van der Waals surface area contributed by atoms with Gasteiger partial charge in [-0.15, -0.1) is 5.10 Å². The van der Waals surface area contributed by atoms with Crippen LogP contribution in [0.1, 0.15) is 6.42 Å². The van der Waals surface area contributed by atoms with Crippen LogP contribution < -0.4 is 15.1 Å². The van der Waals surface area contributed by atoms with Gasteiger partial charge in [-0.05, 0) is 25.1 Å². The highest BCUT2D eigenvalue weighted by Gasteiger charge is 2.15. The van der Waals surface area contributed by atoms with Gasteiger partial charge in [-0.25, -0.2) is 0 Å². The van der Waals surface area contributed by atoms with Crippen molar-refractivity contribution in [3.63, 3.8) is 0 Å². The first kappa shape index (κ1) is 13.9. The van der Waals surface area contributed by atoms with Gasteiger partial charge in [-0.3, -0.25) is 5.10 Å². The Kier molecular flexibility index (Phi) is 4.06. The molecule has 2 aromatic rings. The van der Waals surface area contributed by atoms with Gasteiger partial charge in [-0.2, -0.15) is 4.98 Å². The lowest BCUT2D eigenvalue weighted by molar-refractivity contribution is 0.724. The summed E-state index contributed by atoms with van der Waals surface area (Å²) < 4.78 is 0. The molecule has 1 aromatic heterocycles. The van der Waals surface area contributed by atoms with E-state index in [1.807, 2.05) is 20.2 Å². The number of hydrogen-bond donors (Lipinski definition) is 2. The average Bonchev–Trinajstić information content (AvgIpc) is 2.83. The van der Waals surface area contributed by atoms with Gasteiger partial charge in [0.15, 0.2) is 5.82 Å². The fourth-order valence-corrected chi connectivity index (χ4v) is 2.50. The SMILES string of the molecule is CN(C)c1cccc(-c2nc(N3CCCNCC3)n[nH]2)c1. The third-order valence-corrected chi connectivity index (χ3v) is 3.73. The van der Waals surface area contributed by atoms with Crippen molar-refractivity contribution in [3.05, 3.63) is 24.3 Å². The summed E-state index contributed by atoms with van der Waals surface area (Å²) >= 11 is 0. The van der Waals surface area contributed by atoms with E-state index in [0.29, 0.717) is 0 Å². The summed E-state index contributed by atoms with van der Waals surface area (Å²) in [5.74, 6) is 1.62. The van der Waals surface area contributed by atoms with Crippen LogP contribution in [0.15, 0.2) is 24.3 Å². The molecule has 0 spiro atoms. The zero-order valence-electron chi connectivity index (χ0n) is 12.6. The van der Waals surface area contributed by atoms with Gasteiger partial charge in [0.25, 0.3) is 0 Å². The molecule has 2 N–H and O–H groups in total. The maximum Gasteiger partial charge on any atom is 0.245 e. The van der Waals surface area contributed by atoms with E-state index in [2.05, 4.69) is 48.5 Å². The normalized spacial score (nSPS) is 15.8. The number of H-pyrrole nitrogens is 1. The van der Waals surface area contributed by atoms with Crippen LogP contribution in [0.3, 0.4) is 0 Å². The number of nitrogens with one attached hydrogen (secondary N) is 2. The summed E-state index contributed by atoms with van der Waals surface area (Å²) in [6.07, 6.45) is 1.12. The first-order valence-corrected chi connectivity index (χ1v) is 7.40. The molecule has 6 nitrogen and oxygen atoms in total. The monoisotopic (exact) mass is 286 g/mol. The predicted molar refractivity (Wildman–Crippen MR) is 85.8 cm³/mol. The van der Waals surface area contributed by atoms with E-state index < -0.39 is 0 Å². The van der Waals surface area contributed by atoms with Crippen LogP contribution in [0, 0.1) is 0 Å². The van der Waals surface area contributed by atoms with Crippen LogP contribution in [0.25, 0.3) is 11.4 Å². The third kappa shape index (κ3) is 3.16. The fraction of sp³-hybridized carbons (Fsp3) is 0.467. The zero-order chi connectivity index (χ0) is 14.7. The van der Waals surface area contributed by atoms with Gasteiger partial charge in [0.2, 0.25) is 5.95 Å². The zero-order valence-corrected chi connectivity index (χ0v) is 12.6. The maximum atomic E-state index is 4.66. The molecule has 0 atom stereocenters. The molecule has 1 aliphatic rings. The third-order valence-electron chi connectivity index (χ3n) is 3.73. The second-order valence-corrected chi connectivity index (χ2v) is 5.52. The van der Waals surface area contributed by atoms with Gasteiger partial charge in [0.05, 0.1) is 0 Å². The van der Waals surface area contributed by atoms with Crippen LogP contribution in [-0.4, -0.2) is 55.5 Å². The van der Waals surface area contributed by atoms with Crippen molar-refractivity contribution in [1.82, 2.24) is 20.5 Å². The van der Waals surface area contributed by atoms with E-state index >= 15 is 0 Å². The van der Waals surface area contributed by atoms with Crippen molar-refractivity contribution in [2.24, 2.45) is 0 Å². The average molecular weight is 286 g/mol. The van der Waals surface area contributed by atoms with Gasteiger partial charge in [0, 0.05) is 45.0 Å². The maximum absolute atomic E-state index is 4.66. The number of nitrogens with zero attached hydrogens (tertiary/aromatic N) is 4. The molecule has 0 unspecified atom stereocenters. The van der Waals surface area contributed by atoms with E-state index in [1.165, 1.54) is 0 Å². The minimum atomic E-state index is 0.795. The Hall–Kier alpha value is -2.08. The molecule has 2 heterocycles. The summed E-state index contributed by atoms with van der Waals surface area (Å²) in [5.41, 5.74) is 2.22. The Balaban J connectivity index is 1.82. The number of anilines is 2. The van der Waals surface area contributed by atoms with Crippen LogP contribution in [-0.2, 0) is 0 Å². The van der Waals surface area contributed by atoms with Gasteiger partial charge in [-0.1, -0.05) is 12.1 Å². The highest BCUT2D eigenvalue weighted by atomic mass is 15.4. The van der Waals surface area contributed by atoms with E-state index in [9.17, 15) is 0 Å². The lowest BCUT2D eigenvalue weighted by Crippen LogP contribution is -2.28. The minimum absolute atomic E-state index is 0.795. The highest BCUT2D eigenvalue weighted by molar-refractivity contribution is 5.63. The summed E-state index contributed by atoms with van der Waals surface area (Å²) in [4.78, 5) is 8.98. The van der Waals surface area contributed by atoms with Crippen LogP contribution in [0.4, 0.5) is 11.6 Å². The number of aromatic amines is 1. The Labute approximate surface area is 125 Å². The summed E-state index contributed by atoms with van der Waals surface area (Å²) in [6.45, 7) is 4.01. The van der Waals surface area contributed by atoms with E-state index in [1.54, 1.807) is 0 Å². The first-order chi connectivity index (χ1) is 10.2. The Morgan fingerprint density at radius 2 is 2.10 bits per heavy atom. The second kappa shape index (κ2) is 6.13. The lowest BCUT2D eigenvalue weighted by atomic mass is 10.2. The Bertz CT molecular complexity index is 583. The van der Waals surface area contributed by atoms with Crippen LogP contribution in [0.2, 0.25) is 0 Å². The molecule has 1 saturated heterocycles. The molecule has 0 radical (unpaired) electrons. The van der Waals surface area contributed by atoms with Crippen molar-refractivity contribution >= 4 is 11.6 Å². The van der Waals surface area contributed by atoms with Crippen molar-refractivity contribution in [2.75, 3.05) is 50.1 Å². The molecule has 1 aromatic carbocycles. The molecule has 1 aliphatic heterocycles. The summed E-state index contributed by atoms with van der Waals surface area (Å²) in [7, 11) is 4.07. The standard InChI is InChI=1S/C15H22N6/c1-20(2)13-6-3-5-12(11-13)14-17-15(19-18-14)21-9-4-7-16-8-10-21/h3,5-6,11,16H,4,7-10H2,1-2H3,(H,17,18,19). The Morgan fingerprint density at radius 1 is 1.19 bits per heavy atom. The largest absolute Gasteiger partial charge is 0.378 e. The molecular weight excluding hydrogens is 264 g/mol. The van der Waals surface area contributed by atoms with Crippen LogP contribution in [0.5, 0.6) is 0 Å². The first-order valence-electron chi connectivity index (χ1n) is 7.40. The molecule has 0 aliphatic carbocycles. The molecule has 21 heavy (non-hydrogen) atoms. The molecule has 0 saturated carbocycles. The number of benzene rings is 1. The van der Waals surface area contributed by atoms with Crippen molar-refractivity contribution in [2.45, 2.75) is 6.42 Å². The second-order valence-electron chi connectivity index (χ2n) is 5.52. The van der Waals surface area contributed by atoms with E-state index in [-0.39, 0.29) is 0 Å². The molecule has 1 fully saturated rings. The van der Waals surface area contributed by atoms with Crippen LogP contribution >= 0.6 is 0 Å². The smallest absolute Gasteiger partial charge is 0.245 e. The van der Waals surface area contributed by atoms with Crippen molar-refractivity contribution < 1.29 is 0 Å². The predicted octanol–water partition coefficient (Wildman–Crippen LogP) is 1.34. The highest BCUT2D eigenvalue weighted by Crippen LogP contribution is 2.22. The summed E-state index contributed by atoms with van der Waals surface area (Å²) in [5, 5.41) is 10.8. The van der Waals surface area contributed by atoms with Gasteiger partial charge < -0.3 is 15.1 Å². The minimum Gasteiger partial charge on any atom is -0.378 e. The number of hydrogen-bond acceptors (Lipinski definition) is 5. The quantitative estimate of drug-likeness (QED) is 0.891. The molecule has 3 rings (SSSR count). The van der Waals surface area contributed by atoms with E-state index in [0.717, 1.165) is 55.6 Å². The van der Waals surface area contributed by atoms with E-state index in [4.69, 9.17) is 0 Å². The topological polar surface area (TPSA) is 60.1 Å². The lowest BCUT2D eigenvalue weighted by Gasteiger charge is -2.16. The molecule has 0 amide bonds. The van der Waals surface area contributed by atoms with Gasteiger partial charge >= 0.3 is 0 Å². The molecule has 0 bridgehead atoms. The number of rotatable bonds is 3. The Morgan fingerprint density at radius 3 is 2.95 bits per heavy atom. The van der Waals surface area contributed by atoms with Crippen molar-refractivity contribution in [3.8, 4) is 11.4 Å². The molecule has 6 heteroatoms.